The average Bonchev–Trinajstić information content (AvgIpc) is 2.45. The molecule has 21 heavy (non-hydrogen) atoms. The van der Waals surface area contributed by atoms with Crippen molar-refractivity contribution in [2.75, 3.05) is 0 Å². The van der Waals surface area contributed by atoms with Crippen LogP contribution in [0.4, 0.5) is 13.2 Å². The van der Waals surface area contributed by atoms with E-state index >= 15 is 0 Å². The van der Waals surface area contributed by atoms with E-state index in [-0.39, 0.29) is 10.1 Å². The standard InChI is InChI=1S/C16H16F3NO/c1-2-3-6-12-7-4-5-8-13(12)14-11-20(16(17,18)19)10-9-15(14)21/h4-5,7-11H,2-3,6H2,1H3. The van der Waals surface area contributed by atoms with Gasteiger partial charge in [0, 0.05) is 24.0 Å². The first kappa shape index (κ1) is 15.4. The van der Waals surface area contributed by atoms with Crippen LogP contribution in [0.5, 0.6) is 0 Å². The molecule has 5 heteroatoms. The molecule has 0 saturated heterocycles. The summed E-state index contributed by atoms with van der Waals surface area (Å²) < 4.78 is 38.4. The second-order valence-electron chi connectivity index (χ2n) is 4.86. The molecule has 0 N–H and O–H groups in total. The molecule has 112 valence electrons. The van der Waals surface area contributed by atoms with Gasteiger partial charge in [-0.15, -0.1) is 13.2 Å². The molecule has 0 spiro atoms. The summed E-state index contributed by atoms with van der Waals surface area (Å²) in [4.78, 5) is 11.9. The second-order valence-corrected chi connectivity index (χ2v) is 4.86. The van der Waals surface area contributed by atoms with Crippen molar-refractivity contribution in [2.45, 2.75) is 32.5 Å². The highest BCUT2D eigenvalue weighted by Crippen LogP contribution is 2.26. The lowest BCUT2D eigenvalue weighted by Crippen LogP contribution is -2.19. The quantitative estimate of drug-likeness (QED) is 0.822. The molecule has 0 radical (unpaired) electrons. The van der Waals surface area contributed by atoms with Gasteiger partial charge in [-0.1, -0.05) is 37.6 Å². The van der Waals surface area contributed by atoms with Gasteiger partial charge in [0.1, 0.15) is 0 Å². The van der Waals surface area contributed by atoms with Crippen LogP contribution in [0.15, 0.2) is 47.5 Å². The first-order valence-electron chi connectivity index (χ1n) is 6.81. The molecule has 1 aromatic carbocycles. The number of alkyl halides is 3. The smallest absolute Gasteiger partial charge is 0.289 e. The Hall–Kier alpha value is -2.04. The fraction of sp³-hybridized carbons (Fsp3) is 0.312. The Morgan fingerprint density at radius 1 is 1.10 bits per heavy atom. The average molecular weight is 295 g/mol. The molecule has 2 aromatic rings. The number of hydrogen-bond acceptors (Lipinski definition) is 1. The molecule has 0 fully saturated rings. The number of halogens is 3. The largest absolute Gasteiger partial charge is 0.488 e. The summed E-state index contributed by atoms with van der Waals surface area (Å²) in [5.74, 6) is 0. The zero-order chi connectivity index (χ0) is 15.5. The topological polar surface area (TPSA) is 22.0 Å². The molecule has 1 aromatic heterocycles. The minimum Gasteiger partial charge on any atom is -0.289 e. The number of benzene rings is 1. The number of aromatic nitrogens is 1. The summed E-state index contributed by atoms with van der Waals surface area (Å²) in [6.07, 6.45) is -0.255. The first-order valence-corrected chi connectivity index (χ1v) is 6.81. The number of hydrogen-bond donors (Lipinski definition) is 0. The van der Waals surface area contributed by atoms with Crippen molar-refractivity contribution in [3.8, 4) is 11.1 Å². The van der Waals surface area contributed by atoms with E-state index < -0.39 is 11.7 Å². The molecule has 0 aliphatic carbocycles. The van der Waals surface area contributed by atoms with Crippen molar-refractivity contribution in [2.24, 2.45) is 0 Å². The van der Waals surface area contributed by atoms with Gasteiger partial charge in [0.15, 0.2) is 5.43 Å². The lowest BCUT2D eigenvalue weighted by atomic mass is 9.97. The van der Waals surface area contributed by atoms with Gasteiger partial charge < -0.3 is 0 Å². The number of nitrogens with zero attached hydrogens (tertiary/aromatic N) is 1. The third kappa shape index (κ3) is 3.54. The number of pyridine rings is 1. The van der Waals surface area contributed by atoms with Crippen LogP contribution in [0.25, 0.3) is 11.1 Å². The van der Waals surface area contributed by atoms with Gasteiger partial charge in [-0.25, -0.2) is 0 Å². The zero-order valence-corrected chi connectivity index (χ0v) is 11.7. The highest BCUT2D eigenvalue weighted by molar-refractivity contribution is 5.66. The van der Waals surface area contributed by atoms with Crippen LogP contribution in [-0.2, 0) is 12.7 Å². The molecule has 0 saturated carbocycles. The Kier molecular flexibility index (Phi) is 4.50. The minimum absolute atomic E-state index is 0.0847. The van der Waals surface area contributed by atoms with Crippen LogP contribution in [-0.4, -0.2) is 4.57 Å². The molecule has 1 heterocycles. The van der Waals surface area contributed by atoms with E-state index in [4.69, 9.17) is 0 Å². The highest BCUT2D eigenvalue weighted by atomic mass is 19.4. The maximum atomic E-state index is 12.8. The lowest BCUT2D eigenvalue weighted by molar-refractivity contribution is -0.204. The summed E-state index contributed by atoms with van der Waals surface area (Å²) in [6, 6.07) is 8.08. The predicted octanol–water partition coefficient (Wildman–Crippen LogP) is 4.33. The number of rotatable bonds is 4. The molecular formula is C16H16F3NO. The van der Waals surface area contributed by atoms with Crippen molar-refractivity contribution in [3.63, 3.8) is 0 Å². The van der Waals surface area contributed by atoms with E-state index in [1.807, 2.05) is 19.1 Å². The lowest BCUT2D eigenvalue weighted by Gasteiger charge is -2.13. The van der Waals surface area contributed by atoms with Crippen LogP contribution in [0.2, 0.25) is 0 Å². The molecule has 0 unspecified atom stereocenters. The summed E-state index contributed by atoms with van der Waals surface area (Å²) in [6.45, 7) is 2.04. The number of unbranched alkanes of at least 4 members (excludes halogenated alkanes) is 1. The van der Waals surface area contributed by atoms with Crippen LogP contribution in [0.1, 0.15) is 25.3 Å². The van der Waals surface area contributed by atoms with E-state index in [9.17, 15) is 18.0 Å². The summed E-state index contributed by atoms with van der Waals surface area (Å²) in [7, 11) is 0. The molecule has 0 amide bonds. The first-order chi connectivity index (χ1) is 9.93. The molecule has 0 bridgehead atoms. The van der Waals surface area contributed by atoms with E-state index in [1.54, 1.807) is 12.1 Å². The molecule has 2 nitrogen and oxygen atoms in total. The van der Waals surface area contributed by atoms with E-state index in [0.717, 1.165) is 43.3 Å². The van der Waals surface area contributed by atoms with Crippen LogP contribution in [0.3, 0.4) is 0 Å². The van der Waals surface area contributed by atoms with Crippen molar-refractivity contribution in [1.82, 2.24) is 4.57 Å². The van der Waals surface area contributed by atoms with E-state index in [1.165, 1.54) is 0 Å². The Labute approximate surface area is 120 Å². The molecule has 0 aliphatic rings. The minimum atomic E-state index is -4.53. The van der Waals surface area contributed by atoms with Gasteiger partial charge in [0.2, 0.25) is 0 Å². The van der Waals surface area contributed by atoms with Gasteiger partial charge in [-0.3, -0.25) is 9.36 Å². The van der Waals surface area contributed by atoms with E-state index in [0.29, 0.717) is 5.56 Å². The van der Waals surface area contributed by atoms with Gasteiger partial charge in [0.05, 0.1) is 0 Å². The number of aryl methyl sites for hydroxylation is 1. The SMILES string of the molecule is CCCCc1ccccc1-c1cn(C(F)(F)F)ccc1=O. The van der Waals surface area contributed by atoms with Crippen LogP contribution >= 0.6 is 0 Å². The fourth-order valence-corrected chi connectivity index (χ4v) is 2.21. The Bertz CT molecular complexity index is 674. The van der Waals surface area contributed by atoms with Gasteiger partial charge in [0.25, 0.3) is 0 Å². The van der Waals surface area contributed by atoms with E-state index in [2.05, 4.69) is 0 Å². The Morgan fingerprint density at radius 3 is 2.48 bits per heavy atom. The Balaban J connectivity index is 2.54. The second kappa shape index (κ2) is 6.16. The zero-order valence-electron chi connectivity index (χ0n) is 11.7. The van der Waals surface area contributed by atoms with Gasteiger partial charge in [-0.05, 0) is 24.0 Å². The monoisotopic (exact) mass is 295 g/mol. The normalized spacial score (nSPS) is 11.6. The van der Waals surface area contributed by atoms with Crippen LogP contribution in [0, 0.1) is 0 Å². The van der Waals surface area contributed by atoms with Crippen molar-refractivity contribution >= 4 is 0 Å². The predicted molar refractivity (Wildman–Crippen MR) is 76.0 cm³/mol. The molecule has 0 atom stereocenters. The molecular weight excluding hydrogens is 279 g/mol. The summed E-state index contributed by atoms with van der Waals surface area (Å²) in [5, 5.41) is 0. The molecule has 0 aliphatic heterocycles. The fourth-order valence-electron chi connectivity index (χ4n) is 2.21. The van der Waals surface area contributed by atoms with Gasteiger partial charge in [-0.2, -0.15) is 0 Å². The maximum absolute atomic E-state index is 12.8. The van der Waals surface area contributed by atoms with Crippen molar-refractivity contribution in [1.29, 1.82) is 0 Å². The molecule has 2 rings (SSSR count). The van der Waals surface area contributed by atoms with Gasteiger partial charge >= 0.3 is 6.30 Å². The third-order valence-electron chi connectivity index (χ3n) is 3.32. The van der Waals surface area contributed by atoms with Crippen molar-refractivity contribution < 1.29 is 13.2 Å². The highest BCUT2D eigenvalue weighted by Gasteiger charge is 2.29. The third-order valence-corrected chi connectivity index (χ3v) is 3.32. The van der Waals surface area contributed by atoms with Crippen molar-refractivity contribution in [3.05, 3.63) is 58.5 Å². The Morgan fingerprint density at radius 2 is 1.81 bits per heavy atom. The summed E-state index contributed by atoms with van der Waals surface area (Å²) >= 11 is 0. The van der Waals surface area contributed by atoms with Crippen LogP contribution < -0.4 is 5.43 Å². The maximum Gasteiger partial charge on any atom is 0.488 e. The summed E-state index contributed by atoms with van der Waals surface area (Å²) in [5.41, 5.74) is 1.16.